The Hall–Kier alpha value is -1.15. The van der Waals surface area contributed by atoms with Gasteiger partial charge >= 0.3 is 0 Å². The number of carbonyl (C=O) groups excluding carboxylic acids is 1. The van der Waals surface area contributed by atoms with E-state index in [1.807, 2.05) is 0 Å². The standard InChI is InChI=1S/C22H29NO/c24-20(15-23-8-4-5-9-23)22-13-17-10-18(14-22)12-21(11-17,16-22)19-6-2-1-3-7-19/h1-3,6-7,17-18H,4-5,8-16H2/t17-,18+,21?,22?. The Bertz CT molecular complexity index is 617. The Kier molecular flexibility index (Phi) is 3.42. The number of hydrogen-bond acceptors (Lipinski definition) is 2. The number of hydrogen-bond donors (Lipinski definition) is 0. The molecular weight excluding hydrogens is 294 g/mol. The molecule has 4 bridgehead atoms. The molecule has 4 saturated carbocycles. The maximum atomic E-state index is 13.4. The van der Waals surface area contributed by atoms with E-state index < -0.39 is 0 Å². The Morgan fingerprint density at radius 3 is 2.33 bits per heavy atom. The normalized spacial score (nSPS) is 41.0. The zero-order valence-corrected chi connectivity index (χ0v) is 14.7. The lowest BCUT2D eigenvalue weighted by molar-refractivity contribution is -0.147. The van der Waals surface area contributed by atoms with Crippen molar-refractivity contribution in [1.29, 1.82) is 0 Å². The fourth-order valence-corrected chi connectivity index (χ4v) is 7.03. The lowest BCUT2D eigenvalue weighted by Crippen LogP contribution is -2.58. The molecule has 0 amide bonds. The molecule has 1 aromatic rings. The predicted molar refractivity (Wildman–Crippen MR) is 95.9 cm³/mol. The van der Waals surface area contributed by atoms with Crippen molar-refractivity contribution in [3.05, 3.63) is 35.9 Å². The summed E-state index contributed by atoms with van der Waals surface area (Å²) in [6, 6.07) is 11.1. The Balaban J connectivity index is 1.46. The third-order valence-electron chi connectivity index (χ3n) is 7.60. The molecule has 0 spiro atoms. The molecular formula is C22H29NO. The molecule has 0 radical (unpaired) electrons. The van der Waals surface area contributed by atoms with Gasteiger partial charge in [0, 0.05) is 5.41 Å². The van der Waals surface area contributed by atoms with Crippen molar-refractivity contribution >= 4 is 5.78 Å². The van der Waals surface area contributed by atoms with Crippen LogP contribution in [0.5, 0.6) is 0 Å². The summed E-state index contributed by atoms with van der Waals surface area (Å²) in [4.78, 5) is 15.8. The van der Waals surface area contributed by atoms with E-state index in [0.717, 1.165) is 37.9 Å². The number of benzene rings is 1. The van der Waals surface area contributed by atoms with Crippen LogP contribution in [-0.2, 0) is 10.2 Å². The van der Waals surface area contributed by atoms with Crippen LogP contribution in [0.2, 0.25) is 0 Å². The summed E-state index contributed by atoms with van der Waals surface area (Å²) >= 11 is 0. The molecule has 0 aromatic heterocycles. The second-order valence-electron chi connectivity index (χ2n) is 9.29. The van der Waals surface area contributed by atoms with Crippen molar-refractivity contribution < 1.29 is 4.79 Å². The predicted octanol–water partition coefficient (Wildman–Crippen LogP) is 4.19. The first kappa shape index (κ1) is 15.1. The number of ketones is 1. The minimum Gasteiger partial charge on any atom is -0.298 e. The fourth-order valence-electron chi connectivity index (χ4n) is 7.03. The van der Waals surface area contributed by atoms with Crippen molar-refractivity contribution in [3.8, 4) is 0 Å². The molecule has 1 aromatic carbocycles. The van der Waals surface area contributed by atoms with Gasteiger partial charge < -0.3 is 0 Å². The number of likely N-dealkylation sites (tertiary alicyclic amines) is 1. The molecule has 1 saturated heterocycles. The molecule has 0 N–H and O–H groups in total. The van der Waals surface area contributed by atoms with Gasteiger partial charge in [-0.2, -0.15) is 0 Å². The van der Waals surface area contributed by atoms with Crippen LogP contribution in [0.15, 0.2) is 30.3 Å². The van der Waals surface area contributed by atoms with E-state index in [-0.39, 0.29) is 5.41 Å². The third kappa shape index (κ3) is 2.29. The molecule has 24 heavy (non-hydrogen) atoms. The molecule has 128 valence electrons. The summed E-state index contributed by atoms with van der Waals surface area (Å²) in [6.07, 6.45) is 10.1. The molecule has 2 unspecified atom stereocenters. The van der Waals surface area contributed by atoms with E-state index in [1.165, 1.54) is 50.5 Å². The number of rotatable bonds is 4. The first-order valence-electron chi connectivity index (χ1n) is 9.99. The van der Waals surface area contributed by atoms with Gasteiger partial charge in [-0.15, -0.1) is 0 Å². The first-order chi connectivity index (χ1) is 11.7. The van der Waals surface area contributed by atoms with Crippen LogP contribution in [0.3, 0.4) is 0 Å². The van der Waals surface area contributed by atoms with E-state index in [9.17, 15) is 4.79 Å². The van der Waals surface area contributed by atoms with Gasteiger partial charge in [-0.05, 0) is 87.3 Å². The number of carbonyl (C=O) groups is 1. The Labute approximate surface area is 145 Å². The van der Waals surface area contributed by atoms with E-state index >= 15 is 0 Å². The summed E-state index contributed by atoms with van der Waals surface area (Å²) in [6.45, 7) is 3.00. The van der Waals surface area contributed by atoms with E-state index in [4.69, 9.17) is 0 Å². The highest BCUT2D eigenvalue weighted by Crippen LogP contribution is 2.66. The van der Waals surface area contributed by atoms with Crippen molar-refractivity contribution in [1.82, 2.24) is 4.90 Å². The molecule has 4 aliphatic carbocycles. The zero-order valence-electron chi connectivity index (χ0n) is 14.7. The second kappa shape index (κ2) is 5.42. The molecule has 1 aliphatic heterocycles. The van der Waals surface area contributed by atoms with Gasteiger partial charge in [-0.1, -0.05) is 30.3 Å². The van der Waals surface area contributed by atoms with Gasteiger partial charge in [0.2, 0.25) is 0 Å². The van der Waals surface area contributed by atoms with Crippen LogP contribution >= 0.6 is 0 Å². The van der Waals surface area contributed by atoms with E-state index in [2.05, 4.69) is 35.2 Å². The summed E-state index contributed by atoms with van der Waals surface area (Å²) in [5.41, 5.74) is 1.81. The number of Topliss-reactive ketones (excluding diaryl/α,β-unsaturated/α-hetero) is 1. The zero-order chi connectivity index (χ0) is 16.2. The van der Waals surface area contributed by atoms with Gasteiger partial charge in [-0.25, -0.2) is 0 Å². The van der Waals surface area contributed by atoms with Crippen LogP contribution in [0.1, 0.15) is 56.9 Å². The monoisotopic (exact) mass is 323 g/mol. The molecule has 5 aliphatic rings. The van der Waals surface area contributed by atoms with Crippen molar-refractivity contribution in [3.63, 3.8) is 0 Å². The highest BCUT2D eigenvalue weighted by Gasteiger charge is 2.60. The largest absolute Gasteiger partial charge is 0.298 e. The minimum absolute atomic E-state index is 0.00249. The maximum absolute atomic E-state index is 13.4. The maximum Gasteiger partial charge on any atom is 0.153 e. The van der Waals surface area contributed by atoms with Crippen molar-refractivity contribution in [2.45, 2.75) is 56.8 Å². The fraction of sp³-hybridized carbons (Fsp3) is 0.682. The smallest absolute Gasteiger partial charge is 0.153 e. The Morgan fingerprint density at radius 2 is 1.67 bits per heavy atom. The van der Waals surface area contributed by atoms with Gasteiger partial charge in [0.05, 0.1) is 6.54 Å². The number of nitrogens with zero attached hydrogens (tertiary/aromatic N) is 1. The molecule has 1 heterocycles. The lowest BCUT2D eigenvalue weighted by Gasteiger charge is -2.62. The lowest BCUT2D eigenvalue weighted by atomic mass is 9.42. The molecule has 6 rings (SSSR count). The molecule has 5 fully saturated rings. The van der Waals surface area contributed by atoms with Crippen LogP contribution in [0.25, 0.3) is 0 Å². The molecule has 2 heteroatoms. The van der Waals surface area contributed by atoms with Gasteiger partial charge in [0.15, 0.2) is 5.78 Å². The summed E-state index contributed by atoms with van der Waals surface area (Å²) in [5, 5.41) is 0. The quantitative estimate of drug-likeness (QED) is 0.828. The SMILES string of the molecule is O=C(CN1CCCC1)C12C[C@H]3C[C@@H](C1)CC(c1ccccc1)(C3)C2. The van der Waals surface area contributed by atoms with Crippen LogP contribution in [-0.4, -0.2) is 30.3 Å². The topological polar surface area (TPSA) is 20.3 Å². The van der Waals surface area contributed by atoms with Crippen LogP contribution in [0.4, 0.5) is 0 Å². The van der Waals surface area contributed by atoms with Crippen molar-refractivity contribution in [2.24, 2.45) is 17.3 Å². The van der Waals surface area contributed by atoms with Gasteiger partial charge in [0.1, 0.15) is 0 Å². The third-order valence-corrected chi connectivity index (χ3v) is 7.60. The highest BCUT2D eigenvalue weighted by atomic mass is 16.1. The second-order valence-corrected chi connectivity index (χ2v) is 9.29. The summed E-state index contributed by atoms with van der Waals surface area (Å²) in [7, 11) is 0. The van der Waals surface area contributed by atoms with Crippen LogP contribution < -0.4 is 0 Å². The first-order valence-corrected chi connectivity index (χ1v) is 9.99. The summed E-state index contributed by atoms with van der Waals surface area (Å²) in [5.74, 6) is 2.15. The van der Waals surface area contributed by atoms with E-state index in [0.29, 0.717) is 11.2 Å². The van der Waals surface area contributed by atoms with Gasteiger partial charge in [0.25, 0.3) is 0 Å². The summed E-state index contributed by atoms with van der Waals surface area (Å²) < 4.78 is 0. The Morgan fingerprint density at radius 1 is 1.00 bits per heavy atom. The minimum atomic E-state index is 0.00249. The molecule has 2 nitrogen and oxygen atoms in total. The van der Waals surface area contributed by atoms with E-state index in [1.54, 1.807) is 0 Å². The average Bonchev–Trinajstić information content (AvgIpc) is 3.07. The van der Waals surface area contributed by atoms with Crippen molar-refractivity contribution in [2.75, 3.05) is 19.6 Å². The average molecular weight is 323 g/mol. The van der Waals surface area contributed by atoms with Crippen LogP contribution in [0, 0.1) is 17.3 Å². The molecule has 4 atom stereocenters. The highest BCUT2D eigenvalue weighted by molar-refractivity contribution is 5.87. The van der Waals surface area contributed by atoms with Gasteiger partial charge in [-0.3, -0.25) is 9.69 Å².